The third-order valence-electron chi connectivity index (χ3n) is 2.66. The van der Waals surface area contributed by atoms with Gasteiger partial charge >= 0.3 is 0 Å². The number of Topliss-reactive ketones (excluding diaryl/α,β-unsaturated/α-hetero) is 1. The molecule has 1 aromatic carbocycles. The summed E-state index contributed by atoms with van der Waals surface area (Å²) in [5.74, 6) is 3.23. The molecule has 80 valence electrons. The maximum Gasteiger partial charge on any atom is 0.176 e. The molecule has 1 fully saturated rings. The zero-order valence-corrected chi connectivity index (χ0v) is 9.64. The third kappa shape index (κ3) is 2.41. The Morgan fingerprint density at radius 2 is 2.33 bits per heavy atom. The van der Waals surface area contributed by atoms with E-state index in [2.05, 4.69) is 11.4 Å². The van der Waals surface area contributed by atoms with Crippen LogP contribution in [0, 0.1) is 0 Å². The van der Waals surface area contributed by atoms with Crippen molar-refractivity contribution in [1.82, 2.24) is 5.32 Å². The molecule has 15 heavy (non-hydrogen) atoms. The first-order valence-corrected chi connectivity index (χ1v) is 6.32. The highest BCUT2D eigenvalue weighted by Crippen LogP contribution is 2.34. The average Bonchev–Trinajstić information content (AvgIpc) is 2.16. The van der Waals surface area contributed by atoms with Crippen molar-refractivity contribution in [3.05, 3.63) is 35.4 Å². The number of ketones is 1. The summed E-state index contributed by atoms with van der Waals surface area (Å²) < 4.78 is 0. The summed E-state index contributed by atoms with van der Waals surface area (Å²) in [5, 5.41) is 2.89. The third-order valence-corrected chi connectivity index (χ3v) is 3.93. The maximum absolute atomic E-state index is 11.7. The predicted molar refractivity (Wildman–Crippen MR) is 64.8 cm³/mol. The van der Waals surface area contributed by atoms with Crippen LogP contribution in [0.25, 0.3) is 0 Å². The molecular formula is C12H15NOS. The van der Waals surface area contributed by atoms with Gasteiger partial charge in [-0.15, -0.1) is 0 Å². The van der Waals surface area contributed by atoms with E-state index in [9.17, 15) is 4.79 Å². The molecule has 1 heterocycles. The summed E-state index contributed by atoms with van der Waals surface area (Å²) >= 11 is 1.97. The van der Waals surface area contributed by atoms with Gasteiger partial charge in [0, 0.05) is 23.0 Å². The molecule has 0 aromatic heterocycles. The molecule has 0 radical (unpaired) electrons. The zero-order chi connectivity index (χ0) is 10.7. The summed E-state index contributed by atoms with van der Waals surface area (Å²) in [6.45, 7) is 0.420. The van der Waals surface area contributed by atoms with Crippen molar-refractivity contribution >= 4 is 17.5 Å². The maximum atomic E-state index is 11.7. The van der Waals surface area contributed by atoms with E-state index in [4.69, 9.17) is 0 Å². The van der Waals surface area contributed by atoms with Crippen LogP contribution in [0.15, 0.2) is 24.3 Å². The Morgan fingerprint density at radius 1 is 1.53 bits per heavy atom. The van der Waals surface area contributed by atoms with E-state index in [1.807, 2.05) is 30.0 Å². The number of rotatable bonds is 4. The van der Waals surface area contributed by atoms with Gasteiger partial charge in [-0.1, -0.05) is 18.2 Å². The number of carbonyl (C=O) groups is 1. The highest BCUT2D eigenvalue weighted by molar-refractivity contribution is 8.00. The molecule has 0 saturated carbocycles. The fourth-order valence-electron chi connectivity index (χ4n) is 1.66. The van der Waals surface area contributed by atoms with E-state index < -0.39 is 0 Å². The van der Waals surface area contributed by atoms with Crippen LogP contribution >= 0.6 is 11.8 Å². The minimum Gasteiger partial charge on any atom is -0.313 e. The molecule has 2 nitrogen and oxygen atoms in total. The Bertz CT molecular complexity index is 360. The highest BCUT2D eigenvalue weighted by atomic mass is 32.2. The number of hydrogen-bond donors (Lipinski definition) is 1. The second-order valence-electron chi connectivity index (χ2n) is 3.81. The van der Waals surface area contributed by atoms with Crippen LogP contribution < -0.4 is 5.32 Å². The van der Waals surface area contributed by atoms with E-state index in [-0.39, 0.29) is 5.78 Å². The van der Waals surface area contributed by atoms with Gasteiger partial charge in [0.25, 0.3) is 0 Å². The summed E-state index contributed by atoms with van der Waals surface area (Å²) in [5.41, 5.74) is 2.15. The van der Waals surface area contributed by atoms with Crippen LogP contribution in [-0.4, -0.2) is 30.9 Å². The van der Waals surface area contributed by atoms with Gasteiger partial charge in [-0.2, -0.15) is 11.8 Å². The van der Waals surface area contributed by atoms with Gasteiger partial charge in [0.05, 0.1) is 6.54 Å². The van der Waals surface area contributed by atoms with Gasteiger partial charge < -0.3 is 5.32 Å². The van der Waals surface area contributed by atoms with E-state index >= 15 is 0 Å². The second-order valence-corrected chi connectivity index (χ2v) is 4.89. The first-order valence-electron chi connectivity index (χ1n) is 5.17. The Balaban J connectivity index is 2.14. The fraction of sp³-hybridized carbons (Fsp3) is 0.417. The summed E-state index contributed by atoms with van der Waals surface area (Å²) in [4.78, 5) is 11.7. The SMILES string of the molecule is CNCC(=O)c1cccc(C2CSC2)c1. The number of carbonyl (C=O) groups excluding carboxylic acids is 1. The smallest absolute Gasteiger partial charge is 0.176 e. The first kappa shape index (κ1) is 10.7. The van der Waals surface area contributed by atoms with Crippen molar-refractivity contribution < 1.29 is 4.79 Å². The van der Waals surface area contributed by atoms with Gasteiger partial charge in [0.1, 0.15) is 0 Å². The fourth-order valence-corrected chi connectivity index (χ4v) is 2.51. The summed E-state index contributed by atoms with van der Waals surface area (Å²) in [6, 6.07) is 8.06. The van der Waals surface area contributed by atoms with Crippen LogP contribution in [0.1, 0.15) is 21.8 Å². The largest absolute Gasteiger partial charge is 0.313 e. The summed E-state index contributed by atoms with van der Waals surface area (Å²) in [6.07, 6.45) is 0. The molecule has 1 aromatic rings. The lowest BCUT2D eigenvalue weighted by Crippen LogP contribution is -2.20. The second kappa shape index (κ2) is 4.81. The highest BCUT2D eigenvalue weighted by Gasteiger charge is 2.20. The zero-order valence-electron chi connectivity index (χ0n) is 8.82. The van der Waals surface area contributed by atoms with Gasteiger partial charge in [-0.25, -0.2) is 0 Å². The summed E-state index contributed by atoms with van der Waals surface area (Å²) in [7, 11) is 1.80. The molecular weight excluding hydrogens is 206 g/mol. The molecule has 0 atom stereocenters. The van der Waals surface area contributed by atoms with E-state index in [0.29, 0.717) is 12.5 Å². The van der Waals surface area contributed by atoms with Crippen LogP contribution in [0.5, 0.6) is 0 Å². The van der Waals surface area contributed by atoms with Crippen molar-refractivity contribution in [1.29, 1.82) is 0 Å². The van der Waals surface area contributed by atoms with Crippen molar-refractivity contribution in [3.8, 4) is 0 Å². The van der Waals surface area contributed by atoms with E-state index in [0.717, 1.165) is 5.56 Å². The Labute approximate surface area is 94.4 Å². The van der Waals surface area contributed by atoms with Crippen molar-refractivity contribution in [2.24, 2.45) is 0 Å². The van der Waals surface area contributed by atoms with Gasteiger partial charge in [-0.05, 0) is 18.7 Å². The lowest BCUT2D eigenvalue weighted by Gasteiger charge is -2.25. The number of likely N-dealkylation sites (N-methyl/N-ethyl adjacent to an activating group) is 1. The van der Waals surface area contributed by atoms with E-state index in [1.165, 1.54) is 17.1 Å². The van der Waals surface area contributed by atoms with Gasteiger partial charge in [-0.3, -0.25) is 4.79 Å². The molecule has 0 spiro atoms. The molecule has 3 heteroatoms. The van der Waals surface area contributed by atoms with Crippen molar-refractivity contribution in [2.45, 2.75) is 5.92 Å². The van der Waals surface area contributed by atoms with Crippen LogP contribution in [-0.2, 0) is 0 Å². The molecule has 2 rings (SSSR count). The van der Waals surface area contributed by atoms with Crippen molar-refractivity contribution in [3.63, 3.8) is 0 Å². The minimum atomic E-state index is 0.173. The number of nitrogens with one attached hydrogen (secondary N) is 1. The predicted octanol–water partition coefficient (Wildman–Crippen LogP) is 1.92. The number of benzene rings is 1. The molecule has 0 bridgehead atoms. The molecule has 1 N–H and O–H groups in total. The van der Waals surface area contributed by atoms with Crippen LogP contribution in [0.4, 0.5) is 0 Å². The molecule has 0 amide bonds. The average molecular weight is 221 g/mol. The molecule has 1 saturated heterocycles. The molecule has 0 aliphatic carbocycles. The topological polar surface area (TPSA) is 29.1 Å². The number of hydrogen-bond acceptors (Lipinski definition) is 3. The number of thioether (sulfide) groups is 1. The van der Waals surface area contributed by atoms with Gasteiger partial charge in [0.2, 0.25) is 0 Å². The van der Waals surface area contributed by atoms with Crippen LogP contribution in [0.2, 0.25) is 0 Å². The Hall–Kier alpha value is -0.800. The Kier molecular flexibility index (Phi) is 3.44. The van der Waals surface area contributed by atoms with Gasteiger partial charge in [0.15, 0.2) is 5.78 Å². The lowest BCUT2D eigenvalue weighted by atomic mass is 9.98. The van der Waals surface area contributed by atoms with Crippen LogP contribution in [0.3, 0.4) is 0 Å². The Morgan fingerprint density at radius 3 is 2.93 bits per heavy atom. The lowest BCUT2D eigenvalue weighted by molar-refractivity contribution is 0.0993. The molecule has 1 aliphatic rings. The quantitative estimate of drug-likeness (QED) is 0.788. The monoisotopic (exact) mass is 221 g/mol. The minimum absolute atomic E-state index is 0.173. The first-order chi connectivity index (χ1) is 7.31. The molecule has 0 unspecified atom stereocenters. The van der Waals surface area contributed by atoms with E-state index in [1.54, 1.807) is 7.05 Å². The van der Waals surface area contributed by atoms with Crippen molar-refractivity contribution in [2.75, 3.05) is 25.1 Å². The normalized spacial score (nSPS) is 16.1. The standard InChI is InChI=1S/C12H15NOS/c1-13-6-12(14)10-4-2-3-9(5-10)11-7-15-8-11/h2-5,11,13H,6-8H2,1H3. The molecule has 1 aliphatic heterocycles.